The van der Waals surface area contributed by atoms with Crippen LogP contribution in [0.25, 0.3) is 0 Å². The predicted octanol–water partition coefficient (Wildman–Crippen LogP) is 2.99. The monoisotopic (exact) mass is 505 g/mol. The van der Waals surface area contributed by atoms with Gasteiger partial charge in [-0.3, -0.25) is 9.59 Å². The second-order valence-corrected chi connectivity index (χ2v) is 8.82. The number of rotatable bonds is 6. The van der Waals surface area contributed by atoms with Crippen molar-refractivity contribution in [1.82, 2.24) is 20.7 Å². The first-order valence-electron chi connectivity index (χ1n) is 11.4. The Morgan fingerprint density at radius 1 is 1.23 bits per heavy atom. The second-order valence-electron chi connectivity index (χ2n) is 8.41. The molecule has 0 aliphatic heterocycles. The van der Waals surface area contributed by atoms with E-state index >= 15 is 0 Å². The van der Waals surface area contributed by atoms with Crippen molar-refractivity contribution >= 4 is 29.3 Å². The fourth-order valence-electron chi connectivity index (χ4n) is 3.62. The number of carbonyl (C=O) groups excluding carboxylic acids is 2. The molecule has 1 heterocycles. The smallest absolute Gasteiger partial charge is 0.270 e. The van der Waals surface area contributed by atoms with Crippen molar-refractivity contribution in [2.45, 2.75) is 58.5 Å². The molecule has 9 nitrogen and oxygen atoms in total. The highest BCUT2D eigenvalue weighted by atomic mass is 35.5. The molecule has 6 N–H and O–H groups in total. The van der Waals surface area contributed by atoms with E-state index in [1.807, 2.05) is 0 Å². The van der Waals surface area contributed by atoms with Gasteiger partial charge in [0.25, 0.3) is 5.91 Å². The first kappa shape index (κ1) is 28.0. The Hall–Kier alpha value is -3.24. The number of hydrogen-bond donors (Lipinski definition) is 4. The van der Waals surface area contributed by atoms with Gasteiger partial charge in [-0.25, -0.2) is 20.3 Å². The summed E-state index contributed by atoms with van der Waals surface area (Å²) in [5, 5.41) is 10.6. The van der Waals surface area contributed by atoms with E-state index in [2.05, 4.69) is 20.7 Å². The van der Waals surface area contributed by atoms with E-state index in [0.29, 0.717) is 22.9 Å². The molecule has 1 aliphatic rings. The molecule has 0 radical (unpaired) electrons. The van der Waals surface area contributed by atoms with Gasteiger partial charge in [0.1, 0.15) is 11.5 Å². The van der Waals surface area contributed by atoms with E-state index in [1.165, 1.54) is 57.4 Å². The number of hydrazone groups is 1. The maximum atomic E-state index is 13.2. The van der Waals surface area contributed by atoms with E-state index in [4.69, 9.17) is 23.2 Å². The van der Waals surface area contributed by atoms with Gasteiger partial charge < -0.3 is 16.4 Å². The minimum absolute atomic E-state index is 0.00222. The third-order valence-corrected chi connectivity index (χ3v) is 5.49. The molecular weight excluding hydrogens is 473 g/mol. The van der Waals surface area contributed by atoms with Crippen LogP contribution in [0, 0.1) is 12.7 Å². The Morgan fingerprint density at radius 3 is 2.51 bits per heavy atom. The van der Waals surface area contributed by atoms with Crippen molar-refractivity contribution in [2.75, 3.05) is 7.05 Å². The molecule has 2 aromatic rings. The van der Waals surface area contributed by atoms with Crippen molar-refractivity contribution in [3.8, 4) is 0 Å². The minimum Gasteiger partial charge on any atom is -0.382 e. The molecular formula is C24H33ClFN7O2. The number of aromatic nitrogens is 1. The number of carbonyl (C=O) groups is 2. The van der Waals surface area contributed by atoms with Crippen LogP contribution in [-0.2, 0) is 11.3 Å². The largest absolute Gasteiger partial charge is 0.382 e. The van der Waals surface area contributed by atoms with E-state index in [9.17, 15) is 14.0 Å². The summed E-state index contributed by atoms with van der Waals surface area (Å²) in [7, 11) is 1.53. The summed E-state index contributed by atoms with van der Waals surface area (Å²) in [4.78, 5) is 27.1. The average Bonchev–Trinajstić information content (AvgIpc) is 2.79. The third-order valence-electron chi connectivity index (χ3n) is 5.20. The van der Waals surface area contributed by atoms with Crippen molar-refractivity contribution in [3.05, 3.63) is 63.7 Å². The molecule has 0 unspecified atom stereocenters. The van der Waals surface area contributed by atoms with Crippen LogP contribution in [-0.4, -0.2) is 40.8 Å². The Kier molecular flexibility index (Phi) is 10.9. The Labute approximate surface area is 210 Å². The zero-order valence-corrected chi connectivity index (χ0v) is 21.0. The van der Waals surface area contributed by atoms with Gasteiger partial charge in [0.05, 0.1) is 5.02 Å². The molecule has 35 heavy (non-hydrogen) atoms. The van der Waals surface area contributed by atoms with E-state index in [0.717, 1.165) is 5.12 Å². The fraction of sp³-hybridized carbons (Fsp3) is 0.417. The number of halogens is 2. The summed E-state index contributed by atoms with van der Waals surface area (Å²) >= 11 is 5.72. The molecule has 0 bridgehead atoms. The van der Waals surface area contributed by atoms with Gasteiger partial charge >= 0.3 is 0 Å². The number of pyridine rings is 1. The lowest BCUT2D eigenvalue weighted by atomic mass is 9.95. The van der Waals surface area contributed by atoms with Crippen LogP contribution >= 0.6 is 11.6 Å². The van der Waals surface area contributed by atoms with Crippen molar-refractivity contribution in [2.24, 2.45) is 16.7 Å². The van der Waals surface area contributed by atoms with Gasteiger partial charge in [0, 0.05) is 37.8 Å². The summed E-state index contributed by atoms with van der Waals surface area (Å²) in [5.41, 5.74) is 7.82. The SMILES string of the molecule is CC(=O)NC1CCCCC1.Cc1cc(/C(N)=N/N(C)N)cc(C(=O)NCc2ccc(F)c(Cl)c2)n1. The van der Waals surface area contributed by atoms with Gasteiger partial charge in [-0.05, 0) is 49.6 Å². The molecule has 0 saturated heterocycles. The summed E-state index contributed by atoms with van der Waals surface area (Å²) in [6.07, 6.45) is 6.27. The maximum absolute atomic E-state index is 13.2. The number of nitrogens with one attached hydrogen (secondary N) is 2. The molecule has 1 saturated carbocycles. The fourth-order valence-corrected chi connectivity index (χ4v) is 3.82. The molecule has 0 atom stereocenters. The Bertz CT molecular complexity index is 1060. The summed E-state index contributed by atoms with van der Waals surface area (Å²) in [6, 6.07) is 7.92. The summed E-state index contributed by atoms with van der Waals surface area (Å²) in [5.74, 6) is 4.80. The molecule has 3 rings (SSSR count). The lowest BCUT2D eigenvalue weighted by Crippen LogP contribution is -2.34. The van der Waals surface area contributed by atoms with E-state index < -0.39 is 11.7 Å². The number of aryl methyl sites for hydroxylation is 1. The number of benzene rings is 1. The highest BCUT2D eigenvalue weighted by Crippen LogP contribution is 2.17. The Balaban J connectivity index is 0.000000360. The van der Waals surface area contributed by atoms with Gasteiger partial charge in [-0.15, -0.1) is 5.10 Å². The number of nitrogens with two attached hydrogens (primary N) is 2. The standard InChI is InChI=1S/C16H18ClFN6O.C8H15NO/c1-9-5-11(15(19)23-24(2)20)7-14(22-9)16(25)21-8-10-3-4-13(18)12(17)6-10;1-7(10)9-8-5-3-2-4-6-8/h3-7H,8,20H2,1-2H3,(H2,19,23)(H,21,25);8H,2-6H2,1H3,(H,9,10). The third kappa shape index (κ3) is 9.87. The second kappa shape index (κ2) is 13.6. The van der Waals surface area contributed by atoms with E-state index in [-0.39, 0.29) is 29.0 Å². The zero-order chi connectivity index (χ0) is 26.0. The quantitative estimate of drug-likeness (QED) is 0.206. The van der Waals surface area contributed by atoms with Crippen LogP contribution < -0.4 is 22.2 Å². The van der Waals surface area contributed by atoms with Gasteiger partial charge in [-0.1, -0.05) is 36.9 Å². The lowest BCUT2D eigenvalue weighted by Gasteiger charge is -2.21. The Morgan fingerprint density at radius 2 is 1.91 bits per heavy atom. The zero-order valence-electron chi connectivity index (χ0n) is 20.3. The first-order valence-corrected chi connectivity index (χ1v) is 11.7. The number of hydrazine groups is 1. The van der Waals surface area contributed by atoms with Crippen molar-refractivity contribution < 1.29 is 14.0 Å². The van der Waals surface area contributed by atoms with Crippen molar-refractivity contribution in [1.29, 1.82) is 0 Å². The number of hydrogen-bond acceptors (Lipinski definition) is 6. The van der Waals surface area contributed by atoms with Gasteiger partial charge in [0.2, 0.25) is 5.91 Å². The molecule has 1 aliphatic carbocycles. The normalized spacial score (nSPS) is 13.9. The molecule has 190 valence electrons. The maximum Gasteiger partial charge on any atom is 0.270 e. The average molecular weight is 506 g/mol. The number of amidine groups is 1. The molecule has 11 heteroatoms. The van der Waals surface area contributed by atoms with Gasteiger partial charge in [-0.2, -0.15) is 0 Å². The minimum atomic E-state index is -0.513. The highest BCUT2D eigenvalue weighted by molar-refractivity contribution is 6.30. The van der Waals surface area contributed by atoms with Crippen LogP contribution in [0.1, 0.15) is 66.3 Å². The topological polar surface area (TPSA) is 139 Å². The van der Waals surface area contributed by atoms with Crippen LogP contribution in [0.2, 0.25) is 5.02 Å². The van der Waals surface area contributed by atoms with Crippen molar-refractivity contribution in [3.63, 3.8) is 0 Å². The van der Waals surface area contributed by atoms with Crippen LogP contribution in [0.4, 0.5) is 4.39 Å². The summed E-state index contributed by atoms with van der Waals surface area (Å²) in [6.45, 7) is 3.51. The van der Waals surface area contributed by atoms with E-state index in [1.54, 1.807) is 26.0 Å². The highest BCUT2D eigenvalue weighted by Gasteiger charge is 2.13. The molecule has 1 aromatic heterocycles. The lowest BCUT2D eigenvalue weighted by molar-refractivity contribution is -0.119. The molecule has 1 fully saturated rings. The molecule has 0 spiro atoms. The molecule has 2 amide bonds. The summed E-state index contributed by atoms with van der Waals surface area (Å²) < 4.78 is 13.2. The number of nitrogens with zero attached hydrogens (tertiary/aromatic N) is 3. The van der Waals surface area contributed by atoms with Crippen LogP contribution in [0.5, 0.6) is 0 Å². The molecule has 1 aromatic carbocycles. The first-order chi connectivity index (χ1) is 16.5. The van der Waals surface area contributed by atoms with Crippen LogP contribution in [0.3, 0.4) is 0 Å². The van der Waals surface area contributed by atoms with Crippen LogP contribution in [0.15, 0.2) is 35.4 Å². The van der Waals surface area contributed by atoms with Gasteiger partial charge in [0.15, 0.2) is 5.84 Å². The number of amides is 2. The predicted molar refractivity (Wildman–Crippen MR) is 135 cm³/mol.